The first-order valence-corrected chi connectivity index (χ1v) is 7.39. The Labute approximate surface area is 127 Å². The number of carbonyl (C=O) groups excluding carboxylic acids is 1. The molecule has 0 unspecified atom stereocenters. The third-order valence-corrected chi connectivity index (χ3v) is 2.99. The molecule has 0 amide bonds. The quantitative estimate of drug-likeness (QED) is 0.789. The second-order valence-electron chi connectivity index (χ2n) is 3.82. The Bertz CT molecular complexity index is 579. The number of hydrogen-bond donors (Lipinski definition) is 0. The van der Waals surface area contributed by atoms with Gasteiger partial charge in [-0.05, 0) is 37.6 Å². The maximum atomic E-state index is 11.5. The lowest BCUT2D eigenvalue weighted by Crippen LogP contribution is -2.03. The minimum absolute atomic E-state index is 0.349. The fourth-order valence-corrected chi connectivity index (χ4v) is 2.13. The largest absolute Gasteiger partial charge is 0.462 e. The van der Waals surface area contributed by atoms with E-state index >= 15 is 0 Å². The van der Waals surface area contributed by atoms with Crippen molar-refractivity contribution in [2.75, 3.05) is 6.61 Å². The highest BCUT2D eigenvalue weighted by molar-refractivity contribution is 9.10. The third-order valence-electron chi connectivity index (χ3n) is 2.50. The van der Waals surface area contributed by atoms with E-state index in [1.165, 1.54) is 6.20 Å². The van der Waals surface area contributed by atoms with E-state index in [2.05, 4.69) is 21.0 Å². The van der Waals surface area contributed by atoms with Crippen LogP contribution in [0.3, 0.4) is 0 Å². The van der Waals surface area contributed by atoms with Gasteiger partial charge in [0.15, 0.2) is 0 Å². The number of aryl methyl sites for hydroxylation is 1. The molecule has 0 aliphatic heterocycles. The molecule has 0 N–H and O–H groups in total. The maximum absolute atomic E-state index is 11.5. The molecule has 0 atom stereocenters. The topological polar surface area (TPSA) is 44.1 Å². The Morgan fingerprint density at radius 1 is 1.40 bits per heavy atom. The van der Waals surface area contributed by atoms with Crippen molar-refractivity contribution in [1.29, 1.82) is 0 Å². The zero-order valence-corrected chi connectivity index (χ0v) is 13.8. The van der Waals surface area contributed by atoms with Gasteiger partial charge >= 0.3 is 5.97 Å². The molecule has 4 nitrogen and oxygen atoms in total. The highest BCUT2D eigenvalue weighted by Crippen LogP contribution is 2.19. The molecule has 108 valence electrons. The lowest BCUT2D eigenvalue weighted by molar-refractivity contribution is 0.0526. The van der Waals surface area contributed by atoms with Crippen LogP contribution >= 0.6 is 15.9 Å². The molecule has 1 heterocycles. The summed E-state index contributed by atoms with van der Waals surface area (Å²) in [7, 11) is 0. The van der Waals surface area contributed by atoms with E-state index in [9.17, 15) is 4.79 Å². The second kappa shape index (κ2) is 7.85. The Morgan fingerprint density at radius 2 is 2.10 bits per heavy atom. The van der Waals surface area contributed by atoms with Crippen molar-refractivity contribution < 1.29 is 9.53 Å². The summed E-state index contributed by atoms with van der Waals surface area (Å²) >= 11 is 3.41. The number of halogens is 1. The molecule has 0 fully saturated rings. The average molecular weight is 339 g/mol. The van der Waals surface area contributed by atoms with Crippen LogP contribution in [0.15, 0.2) is 35.1 Å². The SMILES string of the molecule is CC.CCOC(=O)c1cnn(-c2ccc(Br)cc2C)c1. The van der Waals surface area contributed by atoms with E-state index in [0.29, 0.717) is 12.2 Å². The first-order chi connectivity index (χ1) is 9.61. The van der Waals surface area contributed by atoms with E-state index in [-0.39, 0.29) is 5.97 Å². The molecule has 0 radical (unpaired) electrons. The van der Waals surface area contributed by atoms with Crippen LogP contribution in [-0.4, -0.2) is 22.4 Å². The summed E-state index contributed by atoms with van der Waals surface area (Å²) in [4.78, 5) is 11.5. The van der Waals surface area contributed by atoms with Crippen molar-refractivity contribution in [3.05, 3.63) is 46.2 Å². The molecule has 2 rings (SSSR count). The van der Waals surface area contributed by atoms with E-state index in [0.717, 1.165) is 15.7 Å². The van der Waals surface area contributed by atoms with Crippen LogP contribution in [0.1, 0.15) is 36.7 Å². The van der Waals surface area contributed by atoms with Crippen molar-refractivity contribution in [3.8, 4) is 5.69 Å². The monoisotopic (exact) mass is 338 g/mol. The van der Waals surface area contributed by atoms with Gasteiger partial charge in [0.25, 0.3) is 0 Å². The number of esters is 1. The molecule has 5 heteroatoms. The minimum atomic E-state index is -0.349. The molecule has 20 heavy (non-hydrogen) atoms. The van der Waals surface area contributed by atoms with Gasteiger partial charge in [0.2, 0.25) is 0 Å². The fraction of sp³-hybridized carbons (Fsp3) is 0.333. The summed E-state index contributed by atoms with van der Waals surface area (Å²) in [6.07, 6.45) is 3.19. The summed E-state index contributed by atoms with van der Waals surface area (Å²) in [6.45, 7) is 8.13. The van der Waals surface area contributed by atoms with Gasteiger partial charge in [-0.1, -0.05) is 29.8 Å². The van der Waals surface area contributed by atoms with Crippen LogP contribution in [0.5, 0.6) is 0 Å². The van der Waals surface area contributed by atoms with E-state index in [1.54, 1.807) is 17.8 Å². The number of hydrogen-bond acceptors (Lipinski definition) is 3. The molecule has 0 aliphatic carbocycles. The Morgan fingerprint density at radius 3 is 2.70 bits per heavy atom. The Kier molecular flexibility index (Phi) is 6.45. The van der Waals surface area contributed by atoms with Crippen molar-refractivity contribution in [2.24, 2.45) is 0 Å². The molecule has 1 aromatic heterocycles. The number of rotatable bonds is 3. The maximum Gasteiger partial charge on any atom is 0.341 e. The summed E-state index contributed by atoms with van der Waals surface area (Å²) in [5, 5.41) is 4.18. The van der Waals surface area contributed by atoms with Gasteiger partial charge in [-0.3, -0.25) is 0 Å². The third kappa shape index (κ3) is 3.93. The molecule has 1 aromatic carbocycles. The number of benzene rings is 1. The molecule has 0 saturated carbocycles. The zero-order chi connectivity index (χ0) is 15.1. The van der Waals surface area contributed by atoms with Gasteiger partial charge in [0.05, 0.1) is 24.1 Å². The minimum Gasteiger partial charge on any atom is -0.462 e. The Balaban J connectivity index is 0.000000956. The van der Waals surface area contributed by atoms with Crippen LogP contribution in [0.2, 0.25) is 0 Å². The summed E-state index contributed by atoms with van der Waals surface area (Å²) in [6, 6.07) is 5.89. The molecule has 0 bridgehead atoms. The van der Waals surface area contributed by atoms with Crippen molar-refractivity contribution in [1.82, 2.24) is 9.78 Å². The lowest BCUT2D eigenvalue weighted by atomic mass is 10.2. The number of carbonyl (C=O) groups is 1. The lowest BCUT2D eigenvalue weighted by Gasteiger charge is -2.05. The van der Waals surface area contributed by atoms with Gasteiger partial charge in [-0.15, -0.1) is 0 Å². The first kappa shape index (κ1) is 16.4. The van der Waals surface area contributed by atoms with Gasteiger partial charge in [-0.2, -0.15) is 5.10 Å². The molecule has 0 aliphatic rings. The highest BCUT2D eigenvalue weighted by atomic mass is 79.9. The summed E-state index contributed by atoms with van der Waals surface area (Å²) in [5.41, 5.74) is 2.47. The molecular weight excluding hydrogens is 320 g/mol. The van der Waals surface area contributed by atoms with Gasteiger partial charge < -0.3 is 4.74 Å². The van der Waals surface area contributed by atoms with Gasteiger partial charge in [-0.25, -0.2) is 9.48 Å². The van der Waals surface area contributed by atoms with Crippen LogP contribution < -0.4 is 0 Å². The smallest absolute Gasteiger partial charge is 0.341 e. The predicted molar refractivity (Wildman–Crippen MR) is 83.3 cm³/mol. The van der Waals surface area contributed by atoms with Gasteiger partial charge in [0, 0.05) is 10.7 Å². The predicted octanol–water partition coefficient (Wildman–Crippen LogP) is 4.15. The normalized spacial score (nSPS) is 9.65. The van der Waals surface area contributed by atoms with Crippen LogP contribution in [-0.2, 0) is 4.74 Å². The molecular formula is C15H19BrN2O2. The van der Waals surface area contributed by atoms with E-state index < -0.39 is 0 Å². The van der Waals surface area contributed by atoms with Crippen LogP contribution in [0.25, 0.3) is 5.69 Å². The molecule has 2 aromatic rings. The highest BCUT2D eigenvalue weighted by Gasteiger charge is 2.11. The van der Waals surface area contributed by atoms with Crippen molar-refractivity contribution in [3.63, 3.8) is 0 Å². The zero-order valence-electron chi connectivity index (χ0n) is 12.2. The number of ether oxygens (including phenoxy) is 1. The first-order valence-electron chi connectivity index (χ1n) is 6.60. The van der Waals surface area contributed by atoms with Crippen molar-refractivity contribution >= 4 is 21.9 Å². The summed E-state index contributed by atoms with van der Waals surface area (Å²) < 4.78 is 7.62. The average Bonchev–Trinajstić information content (AvgIpc) is 2.91. The molecule has 0 spiro atoms. The van der Waals surface area contributed by atoms with Gasteiger partial charge in [0.1, 0.15) is 0 Å². The summed E-state index contributed by atoms with van der Waals surface area (Å²) in [5.74, 6) is -0.349. The standard InChI is InChI=1S/C13H13BrN2O2.C2H6/c1-3-18-13(17)10-7-15-16(8-10)12-5-4-11(14)6-9(12)2;1-2/h4-8H,3H2,1-2H3;1-2H3. The number of nitrogens with zero attached hydrogens (tertiary/aromatic N) is 2. The number of aromatic nitrogens is 2. The Hall–Kier alpha value is -1.62. The fourth-order valence-electron chi connectivity index (χ4n) is 1.65. The van der Waals surface area contributed by atoms with E-state index in [1.807, 2.05) is 39.0 Å². The van der Waals surface area contributed by atoms with Crippen molar-refractivity contribution in [2.45, 2.75) is 27.7 Å². The van der Waals surface area contributed by atoms with Crippen LogP contribution in [0, 0.1) is 6.92 Å². The van der Waals surface area contributed by atoms with Crippen LogP contribution in [0.4, 0.5) is 0 Å². The van der Waals surface area contributed by atoms with E-state index in [4.69, 9.17) is 4.74 Å². The molecule has 0 saturated heterocycles. The second-order valence-corrected chi connectivity index (χ2v) is 4.74.